The third-order valence-corrected chi connectivity index (χ3v) is 5.51. The molecule has 2 atom stereocenters. The quantitative estimate of drug-likeness (QED) is 0.275. The van der Waals surface area contributed by atoms with Gasteiger partial charge in [0.2, 0.25) is 5.91 Å². The molecule has 0 radical (unpaired) electrons. The van der Waals surface area contributed by atoms with Crippen molar-refractivity contribution >= 4 is 41.8 Å². The van der Waals surface area contributed by atoms with E-state index in [-0.39, 0.29) is 36.4 Å². The molecule has 2 aromatic rings. The van der Waals surface area contributed by atoms with Crippen LogP contribution in [0.5, 0.6) is 0 Å². The maximum Gasteiger partial charge on any atom is 0.251 e. The van der Waals surface area contributed by atoms with Crippen molar-refractivity contribution in [1.29, 1.82) is 0 Å². The Morgan fingerprint density at radius 3 is 2.62 bits per heavy atom. The van der Waals surface area contributed by atoms with Crippen LogP contribution in [0.4, 0.5) is 0 Å². The molecule has 1 saturated heterocycles. The molecule has 0 spiro atoms. The van der Waals surface area contributed by atoms with Crippen molar-refractivity contribution in [2.24, 2.45) is 16.6 Å². The van der Waals surface area contributed by atoms with Crippen LogP contribution in [0.25, 0.3) is 0 Å². The van der Waals surface area contributed by atoms with Gasteiger partial charge in [-0.05, 0) is 37.0 Å². The Hall–Kier alpha value is -2.63. The molecular formula is C22H32IN7O2. The summed E-state index contributed by atoms with van der Waals surface area (Å²) >= 11 is 0. The summed E-state index contributed by atoms with van der Waals surface area (Å²) in [4.78, 5) is 34.1. The lowest BCUT2D eigenvalue weighted by molar-refractivity contribution is -0.117. The van der Waals surface area contributed by atoms with E-state index >= 15 is 0 Å². The van der Waals surface area contributed by atoms with Crippen molar-refractivity contribution in [3.63, 3.8) is 0 Å². The van der Waals surface area contributed by atoms with Gasteiger partial charge in [0, 0.05) is 37.6 Å². The molecule has 3 rings (SSSR count). The number of hydrogen-bond donors (Lipinski definition) is 3. The number of nitrogens with one attached hydrogen (secondary N) is 2. The first-order valence-electron chi connectivity index (χ1n) is 10.6. The second-order valence-corrected chi connectivity index (χ2v) is 7.81. The molecule has 1 aromatic heterocycles. The predicted molar refractivity (Wildman–Crippen MR) is 135 cm³/mol. The number of guanidine groups is 1. The molecule has 0 bridgehead atoms. The largest absolute Gasteiger partial charge is 0.368 e. The zero-order chi connectivity index (χ0) is 22.2. The van der Waals surface area contributed by atoms with Gasteiger partial charge in [0.15, 0.2) is 5.96 Å². The topological polar surface area (TPSA) is 118 Å². The minimum atomic E-state index is -0.572. The Morgan fingerprint density at radius 2 is 2.00 bits per heavy atom. The molecule has 9 nitrogen and oxygen atoms in total. The number of nitrogens with zero attached hydrogens (tertiary/aromatic N) is 4. The van der Waals surface area contributed by atoms with E-state index in [0.29, 0.717) is 24.1 Å². The Kier molecular flexibility index (Phi) is 9.95. The zero-order valence-electron chi connectivity index (χ0n) is 18.5. The molecule has 2 heterocycles. The lowest BCUT2D eigenvalue weighted by Gasteiger charge is -2.39. The molecule has 0 aliphatic carbocycles. The SMILES string of the molecule is CCNC(=NCc1ccc(C(=O)NCC(N)=O)cc1)N1CCC(C)C(n2ccnc2)C1.I. The average Bonchev–Trinajstić information content (AvgIpc) is 3.30. The predicted octanol–water partition coefficient (Wildman–Crippen LogP) is 1.76. The van der Waals surface area contributed by atoms with Crippen LogP contribution in [0.3, 0.4) is 0 Å². The van der Waals surface area contributed by atoms with E-state index in [1.165, 1.54) is 0 Å². The number of carbonyl (C=O) groups excluding carboxylic acids is 2. The maximum absolute atomic E-state index is 12.0. The summed E-state index contributed by atoms with van der Waals surface area (Å²) < 4.78 is 2.18. The molecular weight excluding hydrogens is 521 g/mol. The Morgan fingerprint density at radius 1 is 1.25 bits per heavy atom. The molecule has 1 aromatic carbocycles. The highest BCUT2D eigenvalue weighted by Crippen LogP contribution is 2.27. The van der Waals surface area contributed by atoms with E-state index in [1.54, 1.807) is 12.1 Å². The van der Waals surface area contributed by atoms with E-state index in [0.717, 1.165) is 37.6 Å². The summed E-state index contributed by atoms with van der Waals surface area (Å²) in [6.45, 7) is 7.31. The molecule has 174 valence electrons. The van der Waals surface area contributed by atoms with Gasteiger partial charge in [-0.25, -0.2) is 9.98 Å². The minimum absolute atomic E-state index is 0. The average molecular weight is 553 g/mol. The van der Waals surface area contributed by atoms with Crippen molar-refractivity contribution in [2.75, 3.05) is 26.2 Å². The van der Waals surface area contributed by atoms with Crippen molar-refractivity contribution < 1.29 is 9.59 Å². The number of benzene rings is 1. The van der Waals surface area contributed by atoms with Gasteiger partial charge in [0.25, 0.3) is 5.91 Å². The summed E-state index contributed by atoms with van der Waals surface area (Å²) in [6.07, 6.45) is 6.82. The molecule has 4 N–H and O–H groups in total. The van der Waals surface area contributed by atoms with Gasteiger partial charge in [-0.15, -0.1) is 24.0 Å². The first kappa shape index (κ1) is 25.6. The second-order valence-electron chi connectivity index (χ2n) is 7.81. The fraction of sp³-hybridized carbons (Fsp3) is 0.455. The molecule has 1 aliphatic rings. The molecule has 0 saturated carbocycles. The number of amides is 2. The first-order chi connectivity index (χ1) is 15.0. The van der Waals surface area contributed by atoms with Crippen molar-refractivity contribution in [3.8, 4) is 0 Å². The zero-order valence-corrected chi connectivity index (χ0v) is 20.9. The monoisotopic (exact) mass is 553 g/mol. The summed E-state index contributed by atoms with van der Waals surface area (Å²) in [5, 5.41) is 5.89. The number of primary amides is 1. The van der Waals surface area contributed by atoms with Gasteiger partial charge >= 0.3 is 0 Å². The standard InChI is InChI=1S/C22H31N7O2.HI/c1-3-25-22(28-10-8-16(2)19(14-28)29-11-9-24-15-29)27-12-17-4-6-18(7-5-17)21(31)26-13-20(23)30;/h4-7,9,11,15-16,19H,3,8,10,12-14H2,1-2H3,(H2,23,30)(H,25,27)(H,26,31);1H. The normalized spacial score (nSPS) is 18.6. The number of carbonyl (C=O) groups is 2. The lowest BCUT2D eigenvalue weighted by Crippen LogP contribution is -2.49. The maximum atomic E-state index is 12.0. The van der Waals surface area contributed by atoms with Gasteiger partial charge in [0.05, 0.1) is 25.5 Å². The highest BCUT2D eigenvalue weighted by atomic mass is 127. The van der Waals surface area contributed by atoms with E-state index in [2.05, 4.69) is 38.9 Å². The van der Waals surface area contributed by atoms with E-state index in [9.17, 15) is 9.59 Å². The number of aliphatic imine (C=N–C) groups is 1. The van der Waals surface area contributed by atoms with Gasteiger partial charge in [-0.2, -0.15) is 0 Å². The summed E-state index contributed by atoms with van der Waals surface area (Å²) in [5.74, 6) is 0.567. The highest BCUT2D eigenvalue weighted by Gasteiger charge is 2.28. The number of nitrogens with two attached hydrogens (primary N) is 1. The van der Waals surface area contributed by atoms with Gasteiger partial charge in [-0.3, -0.25) is 9.59 Å². The second kappa shape index (κ2) is 12.4. The summed E-state index contributed by atoms with van der Waals surface area (Å²) in [7, 11) is 0. The highest BCUT2D eigenvalue weighted by molar-refractivity contribution is 14.0. The lowest BCUT2D eigenvalue weighted by atomic mass is 9.93. The van der Waals surface area contributed by atoms with Crippen LogP contribution in [-0.4, -0.2) is 58.4 Å². The smallest absolute Gasteiger partial charge is 0.251 e. The number of halogens is 1. The fourth-order valence-corrected chi connectivity index (χ4v) is 3.72. The molecule has 1 fully saturated rings. The van der Waals surface area contributed by atoms with Crippen molar-refractivity contribution in [2.45, 2.75) is 32.9 Å². The fourth-order valence-electron chi connectivity index (χ4n) is 3.72. The Labute approximate surface area is 205 Å². The number of piperidine rings is 1. The van der Waals surface area contributed by atoms with Crippen molar-refractivity contribution in [1.82, 2.24) is 25.1 Å². The van der Waals surface area contributed by atoms with E-state index < -0.39 is 5.91 Å². The van der Waals surface area contributed by atoms with Crippen LogP contribution in [0.15, 0.2) is 48.0 Å². The molecule has 2 amide bonds. The van der Waals surface area contributed by atoms with Gasteiger partial charge < -0.3 is 25.8 Å². The number of hydrogen-bond acceptors (Lipinski definition) is 4. The Bertz CT molecular complexity index is 900. The molecule has 1 aliphatic heterocycles. The summed E-state index contributed by atoms with van der Waals surface area (Å²) in [6, 6.07) is 7.56. The van der Waals surface area contributed by atoms with Gasteiger partial charge in [-0.1, -0.05) is 19.1 Å². The Balaban J connectivity index is 0.00000363. The van der Waals surface area contributed by atoms with Crippen molar-refractivity contribution in [3.05, 3.63) is 54.1 Å². The van der Waals surface area contributed by atoms with E-state index in [1.807, 2.05) is 30.9 Å². The molecule has 10 heteroatoms. The minimum Gasteiger partial charge on any atom is -0.368 e. The molecule has 2 unspecified atom stereocenters. The number of imidazole rings is 1. The van der Waals surface area contributed by atoms with Crippen LogP contribution in [-0.2, 0) is 11.3 Å². The number of likely N-dealkylation sites (tertiary alicyclic amines) is 1. The third-order valence-electron chi connectivity index (χ3n) is 5.51. The van der Waals surface area contributed by atoms with Gasteiger partial charge in [0.1, 0.15) is 0 Å². The van der Waals surface area contributed by atoms with Crippen LogP contribution in [0.2, 0.25) is 0 Å². The summed E-state index contributed by atoms with van der Waals surface area (Å²) in [5.41, 5.74) is 6.54. The first-order valence-corrected chi connectivity index (χ1v) is 10.6. The van der Waals surface area contributed by atoms with Crippen LogP contribution in [0, 0.1) is 5.92 Å². The van der Waals surface area contributed by atoms with Crippen LogP contribution in [0.1, 0.15) is 42.2 Å². The third kappa shape index (κ3) is 6.94. The number of aromatic nitrogens is 2. The number of rotatable bonds is 7. The van der Waals surface area contributed by atoms with E-state index in [4.69, 9.17) is 10.7 Å². The van der Waals surface area contributed by atoms with Crippen LogP contribution >= 0.6 is 24.0 Å². The molecule has 32 heavy (non-hydrogen) atoms. The van der Waals surface area contributed by atoms with Crippen LogP contribution < -0.4 is 16.4 Å².